The Hall–Kier alpha value is -8.11. The Kier molecular flexibility index (Phi) is 8.25. The zero-order valence-corrected chi connectivity index (χ0v) is 42.0. The number of hydrogen-bond donors (Lipinski definition) is 0. The molecule has 3 heterocycles. The van der Waals surface area contributed by atoms with Gasteiger partial charge in [0.2, 0.25) is 0 Å². The Labute approximate surface area is 444 Å². The second-order valence-corrected chi connectivity index (χ2v) is 20.2. The van der Waals surface area contributed by atoms with E-state index in [0.717, 1.165) is 55.4 Å². The summed E-state index contributed by atoms with van der Waals surface area (Å²) in [5.41, 5.74) is 12.2. The quantitative estimate of drug-likeness (QED) is 0.152. The van der Waals surface area contributed by atoms with E-state index in [0.29, 0.717) is 49.6 Å². The Bertz CT molecular complexity index is 4730. The molecule has 0 atom stereocenters. The van der Waals surface area contributed by atoms with E-state index in [-0.39, 0.29) is 33.4 Å². The molecule has 0 unspecified atom stereocenters. The van der Waals surface area contributed by atoms with Crippen LogP contribution in [0.3, 0.4) is 0 Å². The molecule has 9 aromatic carbocycles. The molecule has 0 saturated carbocycles. The van der Waals surface area contributed by atoms with Crippen LogP contribution in [0.1, 0.15) is 56.7 Å². The number of nitrogens with zero attached hydrogens (tertiary/aromatic N) is 4. The van der Waals surface area contributed by atoms with Gasteiger partial charge in [-0.15, -0.1) is 0 Å². The number of fused-ring (bicyclic) bond motifs is 7. The fourth-order valence-corrected chi connectivity index (χ4v) is 11.6. The fraction of sp³-hybridized carbons (Fsp3) is 0.0909. The summed E-state index contributed by atoms with van der Waals surface area (Å²) in [5.74, 6) is 1.90. The maximum absolute atomic E-state index is 9.51. The summed E-state index contributed by atoms with van der Waals surface area (Å²) in [7, 11) is 0. The molecule has 72 heavy (non-hydrogen) atoms. The molecule has 0 bridgehead atoms. The molecular weight excluding hydrogens is 1060 g/mol. The van der Waals surface area contributed by atoms with E-state index in [1.807, 2.05) is 118 Å². The number of hydrogen-bond acceptors (Lipinski definition) is 2. The van der Waals surface area contributed by atoms with Crippen LogP contribution < -0.4 is 4.74 Å². The standard InChI is InChI=1S/C66H50N4O.Pt/c1-43-36-63(67-41-58(43)45-30-32-48(33-31-45)66(2,3)4)70-59-27-14-13-26-53(59)54-35-34-51(39-62(54)70)71-50-24-17-23-49(38-50)68-42-69(61-29-16-15-28-60(61)68)65-55(44-18-7-5-8-19-44)40-56-52-25-12-11-22-47(52)37-57(56)64(65)46-20-9-6-10-21-46;/h5-36,38-41H,37H2,1-4H3;/i5D,6D,7D,8D,9D,10D,18D,19D,20D,21D;. The molecule has 5 nitrogen and oxygen atoms in total. The van der Waals surface area contributed by atoms with Crippen LogP contribution in [0.2, 0.25) is 0 Å². The van der Waals surface area contributed by atoms with Crippen LogP contribution in [0.5, 0.6) is 11.5 Å². The van der Waals surface area contributed by atoms with Crippen molar-refractivity contribution in [2.45, 2.75) is 39.5 Å². The van der Waals surface area contributed by atoms with Crippen molar-refractivity contribution in [1.82, 2.24) is 18.7 Å². The van der Waals surface area contributed by atoms with Crippen molar-refractivity contribution >= 4 is 32.8 Å². The molecule has 0 fully saturated rings. The van der Waals surface area contributed by atoms with Crippen LogP contribution in [-0.4, -0.2) is 18.7 Å². The van der Waals surface area contributed by atoms with Gasteiger partial charge in [-0.1, -0.05) is 57.2 Å². The Morgan fingerprint density at radius 1 is 0.542 bits per heavy atom. The van der Waals surface area contributed by atoms with Gasteiger partial charge in [0.1, 0.15) is 0 Å². The third-order valence-corrected chi connectivity index (χ3v) is 14.9. The van der Waals surface area contributed by atoms with Crippen molar-refractivity contribution < 1.29 is 37.8 Å². The number of rotatable bonds is 8. The molecule has 13 rings (SSSR count). The van der Waals surface area contributed by atoms with Crippen LogP contribution in [-0.2, 0) is 31.2 Å². The first-order chi connectivity index (χ1) is 39.3. The second kappa shape index (κ2) is 17.3. The number of aryl methyl sites for hydroxylation is 1. The van der Waals surface area contributed by atoms with Crippen LogP contribution in [0.25, 0.3) is 94.5 Å². The van der Waals surface area contributed by atoms with Gasteiger partial charge < -0.3 is 0 Å². The molecule has 0 saturated heterocycles. The van der Waals surface area contributed by atoms with Gasteiger partial charge in [-0.25, -0.2) is 0 Å². The van der Waals surface area contributed by atoms with E-state index in [9.17, 15) is 5.48 Å². The summed E-state index contributed by atoms with van der Waals surface area (Å²) in [4.78, 5) is 5.09. The summed E-state index contributed by atoms with van der Waals surface area (Å²) in [6.07, 6.45) is 2.28. The normalized spacial score (nSPS) is 14.1. The van der Waals surface area contributed by atoms with Gasteiger partial charge in [0.15, 0.2) is 0 Å². The fourth-order valence-electron chi connectivity index (χ4n) is 10.5. The zero-order valence-electron chi connectivity index (χ0n) is 49.7. The molecule has 3 aromatic heterocycles. The van der Waals surface area contributed by atoms with E-state index in [1.54, 1.807) is 0 Å². The third kappa shape index (κ3) is 7.33. The van der Waals surface area contributed by atoms with Crippen molar-refractivity contribution in [2.75, 3.05) is 0 Å². The minimum absolute atomic E-state index is 0.0424. The monoisotopic (exact) mass is 1120 g/mol. The SMILES string of the molecule is [2H]c1c([2H])c([2H])c(-c2cc3c(c(-c4c([2H])c([2H])c([2H])c([2H])c4[2H])c2-n2[c](=[Pt])n(-c4cccc(Oc5ccc6c7ccccc7n(-c7cc(C)c(-c8ccc(C(C)(C)C)cc8)cn7)c6c5)c4)c4ccccc42)Cc2ccccc2-3)c([2H])c1[2H]. The third-order valence-electron chi connectivity index (χ3n) is 13.9. The van der Waals surface area contributed by atoms with Gasteiger partial charge in [-0.3, -0.25) is 0 Å². The predicted molar refractivity (Wildman–Crippen MR) is 292 cm³/mol. The summed E-state index contributed by atoms with van der Waals surface area (Å²) in [6, 6.07) is 45.1. The molecule has 350 valence electrons. The predicted octanol–water partition coefficient (Wildman–Crippen LogP) is 17.0. The van der Waals surface area contributed by atoms with E-state index in [1.165, 1.54) is 5.56 Å². The van der Waals surface area contributed by atoms with Crippen molar-refractivity contribution in [2.24, 2.45) is 0 Å². The van der Waals surface area contributed by atoms with Gasteiger partial charge in [0.25, 0.3) is 0 Å². The number of benzene rings is 9. The molecule has 0 aliphatic heterocycles. The molecular formula is C66H50N4OPt. The minimum atomic E-state index is -0.559. The average molecular weight is 1120 g/mol. The van der Waals surface area contributed by atoms with Gasteiger partial charge in [0, 0.05) is 11.8 Å². The number of pyridine rings is 1. The Morgan fingerprint density at radius 3 is 1.96 bits per heavy atom. The molecule has 6 heteroatoms. The van der Waals surface area contributed by atoms with Crippen LogP contribution in [0, 0.1) is 10.7 Å². The molecule has 0 radical (unpaired) electrons. The molecule has 0 spiro atoms. The average Bonchev–Trinajstić information content (AvgIpc) is 2.26. The van der Waals surface area contributed by atoms with Crippen LogP contribution >= 0.6 is 0 Å². The summed E-state index contributed by atoms with van der Waals surface area (Å²) < 4.78 is 104. The van der Waals surface area contributed by atoms with Crippen molar-refractivity contribution in [3.8, 4) is 73.2 Å². The first-order valence-electron chi connectivity index (χ1n) is 28.8. The number of imidazole rings is 1. The van der Waals surface area contributed by atoms with E-state index in [4.69, 9.17) is 17.9 Å². The van der Waals surface area contributed by atoms with Crippen LogP contribution in [0.4, 0.5) is 0 Å². The summed E-state index contributed by atoms with van der Waals surface area (Å²) in [6.45, 7) is 8.76. The van der Waals surface area contributed by atoms with Gasteiger partial charge in [-0.2, -0.15) is 0 Å². The van der Waals surface area contributed by atoms with Gasteiger partial charge in [-0.05, 0) is 29.0 Å². The number of ether oxygens (including phenoxy) is 1. The summed E-state index contributed by atoms with van der Waals surface area (Å²) in [5, 5.41) is 2.12. The van der Waals surface area contributed by atoms with Crippen molar-refractivity contribution in [3.63, 3.8) is 0 Å². The molecule has 0 amide bonds. The molecule has 0 N–H and O–H groups in total. The van der Waals surface area contributed by atoms with E-state index in [2.05, 4.69) is 100 Å². The maximum atomic E-state index is 9.51. The Balaban J connectivity index is 0.989. The molecule has 1 aliphatic carbocycles. The van der Waals surface area contributed by atoms with Gasteiger partial charge in [0.05, 0.1) is 0 Å². The first kappa shape index (κ1) is 34.3. The number of aromatic nitrogens is 4. The van der Waals surface area contributed by atoms with Gasteiger partial charge >= 0.3 is 348 Å². The van der Waals surface area contributed by atoms with E-state index < -0.39 is 60.4 Å². The zero-order chi connectivity index (χ0) is 57.4. The first-order valence-corrected chi connectivity index (χ1v) is 25.0. The van der Waals surface area contributed by atoms with Crippen molar-refractivity contribution in [3.05, 3.63) is 244 Å². The van der Waals surface area contributed by atoms with Crippen LogP contribution in [0.15, 0.2) is 218 Å². The van der Waals surface area contributed by atoms with E-state index >= 15 is 0 Å². The van der Waals surface area contributed by atoms with Crippen molar-refractivity contribution in [1.29, 1.82) is 0 Å². The second-order valence-electron chi connectivity index (χ2n) is 19.2. The Morgan fingerprint density at radius 2 is 1.21 bits per heavy atom. The number of para-hydroxylation sites is 3. The molecule has 12 aromatic rings. The summed E-state index contributed by atoms with van der Waals surface area (Å²) >= 11 is 2.22. The molecule has 1 aliphatic rings. The topological polar surface area (TPSA) is 36.9 Å².